The molecular formula is C15H16F3N3O. The molecule has 2 N–H and O–H groups in total. The summed E-state index contributed by atoms with van der Waals surface area (Å²) in [6.07, 6.45) is -2.89. The van der Waals surface area contributed by atoms with Gasteiger partial charge in [0.1, 0.15) is 12.4 Å². The van der Waals surface area contributed by atoms with E-state index >= 15 is 0 Å². The molecule has 2 aromatic rings. The summed E-state index contributed by atoms with van der Waals surface area (Å²) >= 11 is 0. The van der Waals surface area contributed by atoms with Gasteiger partial charge in [-0.25, -0.2) is 5.84 Å². The van der Waals surface area contributed by atoms with Crippen molar-refractivity contribution in [2.24, 2.45) is 5.84 Å². The van der Waals surface area contributed by atoms with E-state index in [9.17, 15) is 13.2 Å². The monoisotopic (exact) mass is 311 g/mol. The van der Waals surface area contributed by atoms with Gasteiger partial charge >= 0.3 is 6.18 Å². The van der Waals surface area contributed by atoms with E-state index in [2.05, 4.69) is 4.98 Å². The van der Waals surface area contributed by atoms with Crippen LogP contribution in [0.2, 0.25) is 0 Å². The zero-order valence-corrected chi connectivity index (χ0v) is 12.2. The minimum Gasteiger partial charge on any atom is -0.487 e. The Hall–Kier alpha value is -2.28. The molecular weight excluding hydrogens is 295 g/mol. The van der Waals surface area contributed by atoms with Crippen LogP contribution in [-0.4, -0.2) is 12.0 Å². The molecule has 0 saturated carbocycles. The van der Waals surface area contributed by atoms with Crippen LogP contribution in [-0.2, 0) is 12.8 Å². The number of hydrogen-bond acceptors (Lipinski definition) is 4. The molecule has 0 aliphatic rings. The van der Waals surface area contributed by atoms with Crippen molar-refractivity contribution in [3.05, 3.63) is 53.3 Å². The van der Waals surface area contributed by atoms with Crippen molar-refractivity contribution in [2.75, 3.05) is 12.1 Å². The molecule has 0 spiro atoms. The number of aromatic nitrogens is 1. The largest absolute Gasteiger partial charge is 0.487 e. The quantitative estimate of drug-likeness (QED) is 0.695. The molecule has 0 aliphatic heterocycles. The molecule has 0 saturated heterocycles. The summed E-state index contributed by atoms with van der Waals surface area (Å²) in [4.78, 5) is 4.04. The van der Waals surface area contributed by atoms with E-state index in [1.165, 1.54) is 19.2 Å². The lowest BCUT2D eigenvalue weighted by atomic mass is 10.1. The van der Waals surface area contributed by atoms with E-state index in [1.54, 1.807) is 25.3 Å². The normalized spacial score (nSPS) is 11.4. The standard InChI is InChI=1S/C15H16F3N3O/c1-10-14(7-4-8-20-10)22-9-11-12(15(16,17)18)5-3-6-13(11)21(2)19/h3-8H,9,19H2,1-2H3. The molecule has 0 bridgehead atoms. The highest BCUT2D eigenvalue weighted by Gasteiger charge is 2.34. The number of pyridine rings is 1. The third-order valence-corrected chi connectivity index (χ3v) is 3.17. The third-order valence-electron chi connectivity index (χ3n) is 3.17. The van der Waals surface area contributed by atoms with Gasteiger partial charge in [0.25, 0.3) is 0 Å². The van der Waals surface area contributed by atoms with E-state index < -0.39 is 11.7 Å². The summed E-state index contributed by atoms with van der Waals surface area (Å²) in [5.74, 6) is 6.06. The second-order valence-electron chi connectivity index (χ2n) is 4.79. The second kappa shape index (κ2) is 6.23. The predicted molar refractivity (Wildman–Crippen MR) is 77.3 cm³/mol. The number of hydrogen-bond donors (Lipinski definition) is 1. The van der Waals surface area contributed by atoms with Gasteiger partial charge in [0.05, 0.1) is 16.9 Å². The summed E-state index contributed by atoms with van der Waals surface area (Å²) in [6.45, 7) is 1.47. The van der Waals surface area contributed by atoms with Crippen molar-refractivity contribution in [3.8, 4) is 5.75 Å². The van der Waals surface area contributed by atoms with Crippen LogP contribution in [0, 0.1) is 6.92 Å². The number of rotatable bonds is 4. The molecule has 118 valence electrons. The lowest BCUT2D eigenvalue weighted by Crippen LogP contribution is -2.27. The number of hydrazine groups is 1. The Morgan fingerprint density at radius 2 is 1.95 bits per heavy atom. The first-order chi connectivity index (χ1) is 10.3. The molecule has 0 amide bonds. The number of anilines is 1. The Kier molecular flexibility index (Phi) is 4.56. The Labute approximate surface area is 126 Å². The minimum absolute atomic E-state index is 0.0109. The maximum Gasteiger partial charge on any atom is 0.416 e. The topological polar surface area (TPSA) is 51.4 Å². The van der Waals surface area contributed by atoms with Crippen LogP contribution in [0.4, 0.5) is 18.9 Å². The molecule has 2 rings (SSSR count). The fourth-order valence-corrected chi connectivity index (χ4v) is 2.09. The van der Waals surface area contributed by atoms with E-state index in [4.69, 9.17) is 10.6 Å². The molecule has 0 unspecified atom stereocenters. The van der Waals surface area contributed by atoms with Crippen molar-refractivity contribution in [3.63, 3.8) is 0 Å². The summed E-state index contributed by atoms with van der Waals surface area (Å²) in [5.41, 5.74) is 0.0955. The summed E-state index contributed by atoms with van der Waals surface area (Å²) in [5, 5.41) is 1.14. The molecule has 1 aromatic heterocycles. The highest BCUT2D eigenvalue weighted by Crippen LogP contribution is 2.36. The Morgan fingerprint density at radius 1 is 1.23 bits per heavy atom. The number of benzene rings is 1. The van der Waals surface area contributed by atoms with Gasteiger partial charge in [0.2, 0.25) is 0 Å². The molecule has 22 heavy (non-hydrogen) atoms. The zero-order valence-electron chi connectivity index (χ0n) is 12.2. The van der Waals surface area contributed by atoms with Crippen molar-refractivity contribution in [2.45, 2.75) is 19.7 Å². The second-order valence-corrected chi connectivity index (χ2v) is 4.79. The van der Waals surface area contributed by atoms with E-state index in [0.717, 1.165) is 11.1 Å². The SMILES string of the molecule is Cc1ncccc1OCc1c(N(C)N)cccc1C(F)(F)F. The van der Waals surface area contributed by atoms with Gasteiger partial charge in [0, 0.05) is 18.8 Å². The van der Waals surface area contributed by atoms with Gasteiger partial charge in [-0.1, -0.05) is 6.07 Å². The summed E-state index contributed by atoms with van der Waals surface area (Å²) in [6, 6.07) is 7.17. The molecule has 4 nitrogen and oxygen atoms in total. The number of aryl methyl sites for hydroxylation is 1. The molecule has 0 aliphatic carbocycles. The number of halogens is 3. The van der Waals surface area contributed by atoms with Crippen LogP contribution in [0.5, 0.6) is 5.75 Å². The minimum atomic E-state index is -4.48. The number of ether oxygens (including phenoxy) is 1. The van der Waals surface area contributed by atoms with Crippen molar-refractivity contribution >= 4 is 5.69 Å². The molecule has 0 fully saturated rings. The molecule has 0 radical (unpaired) electrons. The average molecular weight is 311 g/mol. The number of alkyl halides is 3. The van der Waals surface area contributed by atoms with Crippen molar-refractivity contribution in [1.29, 1.82) is 0 Å². The highest BCUT2D eigenvalue weighted by molar-refractivity contribution is 5.56. The first-order valence-electron chi connectivity index (χ1n) is 6.52. The maximum absolute atomic E-state index is 13.2. The van der Waals surface area contributed by atoms with Gasteiger partial charge in [-0.15, -0.1) is 0 Å². The fraction of sp³-hybridized carbons (Fsp3) is 0.267. The van der Waals surface area contributed by atoms with Gasteiger partial charge in [-0.2, -0.15) is 13.2 Å². The Balaban J connectivity index is 2.38. The smallest absolute Gasteiger partial charge is 0.416 e. The summed E-state index contributed by atoms with van der Waals surface area (Å²) < 4.78 is 45.0. The number of nitrogens with two attached hydrogens (primary N) is 1. The van der Waals surface area contributed by atoms with Gasteiger partial charge < -0.3 is 9.75 Å². The Morgan fingerprint density at radius 3 is 2.55 bits per heavy atom. The van der Waals surface area contributed by atoms with Crippen molar-refractivity contribution < 1.29 is 17.9 Å². The van der Waals surface area contributed by atoms with Crippen LogP contribution in [0.15, 0.2) is 36.5 Å². The van der Waals surface area contributed by atoms with E-state index in [0.29, 0.717) is 11.4 Å². The van der Waals surface area contributed by atoms with Gasteiger partial charge in [-0.05, 0) is 31.2 Å². The van der Waals surface area contributed by atoms with Crippen LogP contribution in [0.25, 0.3) is 0 Å². The first-order valence-corrected chi connectivity index (χ1v) is 6.52. The molecule has 1 heterocycles. The van der Waals surface area contributed by atoms with Crippen LogP contribution in [0.1, 0.15) is 16.8 Å². The van der Waals surface area contributed by atoms with Gasteiger partial charge in [0.15, 0.2) is 0 Å². The highest BCUT2D eigenvalue weighted by atomic mass is 19.4. The predicted octanol–water partition coefficient (Wildman–Crippen LogP) is 3.30. The lowest BCUT2D eigenvalue weighted by molar-refractivity contribution is -0.138. The molecule has 7 heteroatoms. The van der Waals surface area contributed by atoms with E-state index in [1.807, 2.05) is 0 Å². The zero-order chi connectivity index (χ0) is 16.3. The molecule has 1 aromatic carbocycles. The van der Waals surface area contributed by atoms with E-state index in [-0.39, 0.29) is 17.9 Å². The van der Waals surface area contributed by atoms with Crippen LogP contribution < -0.4 is 15.6 Å². The van der Waals surface area contributed by atoms with Crippen molar-refractivity contribution in [1.82, 2.24) is 4.98 Å². The average Bonchev–Trinajstić information content (AvgIpc) is 2.45. The fourth-order valence-electron chi connectivity index (χ4n) is 2.09. The third kappa shape index (κ3) is 3.48. The molecule has 0 atom stereocenters. The van der Waals surface area contributed by atoms with Crippen LogP contribution >= 0.6 is 0 Å². The Bertz CT molecular complexity index is 657. The maximum atomic E-state index is 13.2. The van der Waals surface area contributed by atoms with Crippen LogP contribution in [0.3, 0.4) is 0 Å². The van der Waals surface area contributed by atoms with Gasteiger partial charge in [-0.3, -0.25) is 4.98 Å². The lowest BCUT2D eigenvalue weighted by Gasteiger charge is -2.21. The first kappa shape index (κ1) is 16.1. The summed E-state index contributed by atoms with van der Waals surface area (Å²) in [7, 11) is 1.48. The number of nitrogens with zero attached hydrogens (tertiary/aromatic N) is 2.